The molecule has 3 rings (SSSR count). The van der Waals surface area contributed by atoms with E-state index in [0.717, 1.165) is 33.5 Å². The molecule has 0 bridgehead atoms. The summed E-state index contributed by atoms with van der Waals surface area (Å²) in [6, 6.07) is 5.69. The highest BCUT2D eigenvalue weighted by Gasteiger charge is 2.20. The molecule has 0 saturated carbocycles. The molecule has 1 aromatic carbocycles. The number of aliphatic imine (C=N–C) groups is 1. The maximum Gasteiger partial charge on any atom is 0.125 e. The molecule has 0 saturated heterocycles. The zero-order valence-corrected chi connectivity index (χ0v) is 12.1. The minimum absolute atomic E-state index is 0.245. The predicted octanol–water partition coefficient (Wildman–Crippen LogP) is 2.55. The van der Waals surface area contributed by atoms with Crippen LogP contribution in [0.2, 0.25) is 0 Å². The number of rotatable bonds is 1. The first kappa shape index (κ1) is 13.4. The Balaban J connectivity index is 2.26. The first-order valence-corrected chi connectivity index (χ1v) is 6.83. The summed E-state index contributed by atoms with van der Waals surface area (Å²) in [6.07, 6.45) is 5.32. The fourth-order valence-electron chi connectivity index (χ4n) is 2.73. The van der Waals surface area contributed by atoms with Gasteiger partial charge < -0.3 is 10.8 Å². The van der Waals surface area contributed by atoms with Crippen LogP contribution >= 0.6 is 0 Å². The van der Waals surface area contributed by atoms with Crippen LogP contribution in [-0.2, 0) is 0 Å². The van der Waals surface area contributed by atoms with Crippen molar-refractivity contribution in [2.75, 3.05) is 6.54 Å². The molecular formula is C17H17N3O. The average molecular weight is 279 g/mol. The average Bonchev–Trinajstić information content (AvgIpc) is 2.59. The summed E-state index contributed by atoms with van der Waals surface area (Å²) in [5.74, 6) is 0.245. The van der Waals surface area contributed by atoms with Crippen LogP contribution in [0.1, 0.15) is 27.8 Å². The van der Waals surface area contributed by atoms with Gasteiger partial charge in [0.15, 0.2) is 0 Å². The number of pyridine rings is 1. The lowest BCUT2D eigenvalue weighted by molar-refractivity contribution is 0.473. The van der Waals surface area contributed by atoms with Crippen molar-refractivity contribution >= 4 is 11.4 Å². The highest BCUT2D eigenvalue weighted by atomic mass is 16.3. The van der Waals surface area contributed by atoms with Crippen molar-refractivity contribution in [2.24, 2.45) is 10.7 Å². The van der Waals surface area contributed by atoms with Crippen molar-refractivity contribution in [1.29, 1.82) is 0 Å². The number of nitrogens with two attached hydrogens (primary N) is 1. The lowest BCUT2D eigenvalue weighted by Gasteiger charge is -2.14. The number of fused-ring (bicyclic) bond motifs is 1. The van der Waals surface area contributed by atoms with E-state index >= 15 is 0 Å². The van der Waals surface area contributed by atoms with Gasteiger partial charge in [-0.05, 0) is 43.2 Å². The Labute approximate surface area is 123 Å². The second kappa shape index (κ2) is 5.05. The molecule has 1 aliphatic rings. The van der Waals surface area contributed by atoms with Crippen LogP contribution in [0.3, 0.4) is 0 Å². The number of nitrogens with zero attached hydrogens (tertiary/aromatic N) is 2. The molecule has 0 amide bonds. The van der Waals surface area contributed by atoms with Crippen molar-refractivity contribution in [1.82, 2.24) is 4.98 Å². The molecule has 0 unspecified atom stereocenters. The highest BCUT2D eigenvalue weighted by molar-refractivity contribution is 6.17. The summed E-state index contributed by atoms with van der Waals surface area (Å²) in [5, 5.41) is 10.4. The first-order chi connectivity index (χ1) is 10.1. The monoisotopic (exact) mass is 279 g/mol. The van der Waals surface area contributed by atoms with E-state index in [1.807, 2.05) is 32.1 Å². The molecule has 106 valence electrons. The Hall–Kier alpha value is -2.62. The number of phenolic OH excluding ortho intramolecular Hbond substituents is 1. The zero-order valence-electron chi connectivity index (χ0n) is 12.1. The van der Waals surface area contributed by atoms with Gasteiger partial charge in [-0.15, -0.1) is 0 Å². The summed E-state index contributed by atoms with van der Waals surface area (Å²) < 4.78 is 0. The molecule has 3 N–H and O–H groups in total. The molecule has 0 radical (unpaired) electrons. The summed E-state index contributed by atoms with van der Waals surface area (Å²) in [4.78, 5) is 8.75. The van der Waals surface area contributed by atoms with Crippen LogP contribution in [-0.4, -0.2) is 22.3 Å². The molecule has 21 heavy (non-hydrogen) atoms. The Morgan fingerprint density at radius 2 is 2.00 bits per heavy atom. The Morgan fingerprint density at radius 1 is 1.19 bits per heavy atom. The van der Waals surface area contributed by atoms with Gasteiger partial charge in [0.1, 0.15) is 5.75 Å². The third kappa shape index (κ3) is 2.29. The molecule has 1 aromatic heterocycles. The number of hydrogen-bond acceptors (Lipinski definition) is 4. The number of aromatic nitrogens is 1. The maximum atomic E-state index is 10.4. The van der Waals surface area contributed by atoms with Crippen LogP contribution in [0.15, 0.2) is 41.7 Å². The molecule has 0 atom stereocenters. The normalized spacial score (nSPS) is 14.0. The van der Waals surface area contributed by atoms with Gasteiger partial charge in [0.25, 0.3) is 0 Å². The fourth-order valence-corrected chi connectivity index (χ4v) is 2.73. The molecule has 1 aliphatic heterocycles. The molecule has 2 aromatic rings. The van der Waals surface area contributed by atoms with Gasteiger partial charge in [0.2, 0.25) is 0 Å². The Morgan fingerprint density at radius 3 is 2.76 bits per heavy atom. The van der Waals surface area contributed by atoms with E-state index in [9.17, 15) is 5.11 Å². The second-order valence-corrected chi connectivity index (χ2v) is 5.25. The number of phenols is 1. The third-order valence-electron chi connectivity index (χ3n) is 3.64. The molecule has 2 heterocycles. The highest BCUT2D eigenvalue weighted by Crippen LogP contribution is 2.29. The van der Waals surface area contributed by atoms with Crippen molar-refractivity contribution < 1.29 is 5.11 Å². The van der Waals surface area contributed by atoms with E-state index in [1.165, 1.54) is 0 Å². The Kier molecular flexibility index (Phi) is 3.22. The fraction of sp³-hybridized carbons (Fsp3) is 0.176. The van der Waals surface area contributed by atoms with Gasteiger partial charge in [-0.1, -0.05) is 6.07 Å². The van der Waals surface area contributed by atoms with Crippen molar-refractivity contribution in [3.63, 3.8) is 0 Å². The molecule has 0 spiro atoms. The van der Waals surface area contributed by atoms with Crippen LogP contribution in [0.4, 0.5) is 0 Å². The number of benzene rings is 1. The summed E-state index contributed by atoms with van der Waals surface area (Å²) in [7, 11) is 0. The smallest absolute Gasteiger partial charge is 0.125 e. The van der Waals surface area contributed by atoms with Gasteiger partial charge in [-0.2, -0.15) is 0 Å². The minimum atomic E-state index is 0.245. The van der Waals surface area contributed by atoms with Crippen molar-refractivity contribution in [3.05, 3.63) is 64.5 Å². The van der Waals surface area contributed by atoms with Gasteiger partial charge in [0.05, 0.1) is 12.3 Å². The van der Waals surface area contributed by atoms with Gasteiger partial charge >= 0.3 is 0 Å². The van der Waals surface area contributed by atoms with Crippen LogP contribution < -0.4 is 5.73 Å². The zero-order chi connectivity index (χ0) is 15.0. The van der Waals surface area contributed by atoms with Crippen molar-refractivity contribution in [3.8, 4) is 5.75 Å². The van der Waals surface area contributed by atoms with E-state index in [1.54, 1.807) is 18.5 Å². The van der Waals surface area contributed by atoms with Gasteiger partial charge in [0, 0.05) is 34.8 Å². The lowest BCUT2D eigenvalue weighted by Crippen LogP contribution is -2.10. The summed E-state index contributed by atoms with van der Waals surface area (Å²) in [5.41, 5.74) is 12.0. The summed E-state index contributed by atoms with van der Waals surface area (Å²) in [6.45, 7) is 4.43. The Bertz CT molecular complexity index is 752. The lowest BCUT2D eigenvalue weighted by atomic mass is 9.93. The van der Waals surface area contributed by atoms with Crippen molar-refractivity contribution in [2.45, 2.75) is 13.8 Å². The predicted molar refractivity (Wildman–Crippen MR) is 84.5 cm³/mol. The largest absolute Gasteiger partial charge is 0.507 e. The number of aryl methyl sites for hydroxylation is 2. The van der Waals surface area contributed by atoms with E-state index in [4.69, 9.17) is 5.73 Å². The first-order valence-electron chi connectivity index (χ1n) is 6.83. The van der Waals surface area contributed by atoms with E-state index in [0.29, 0.717) is 12.2 Å². The van der Waals surface area contributed by atoms with E-state index in [2.05, 4.69) is 9.98 Å². The molecule has 0 aliphatic carbocycles. The van der Waals surface area contributed by atoms with Gasteiger partial charge in [-0.25, -0.2) is 0 Å². The van der Waals surface area contributed by atoms with E-state index in [-0.39, 0.29) is 5.75 Å². The topological polar surface area (TPSA) is 71.5 Å². The summed E-state index contributed by atoms with van der Waals surface area (Å²) >= 11 is 0. The number of hydrogen-bond donors (Lipinski definition) is 2. The standard InChI is InChI=1S/C17H17N3O/c1-10-7-11(2)16(15(21)8-10)17-12-3-5-19-9-13(12)14(18)4-6-20-17/h3-5,7-9,21H,6,18H2,1-2H3. The molecular weight excluding hydrogens is 262 g/mol. The second-order valence-electron chi connectivity index (χ2n) is 5.25. The van der Waals surface area contributed by atoms with Crippen LogP contribution in [0.5, 0.6) is 5.75 Å². The maximum absolute atomic E-state index is 10.4. The third-order valence-corrected chi connectivity index (χ3v) is 3.64. The minimum Gasteiger partial charge on any atom is -0.507 e. The SMILES string of the molecule is Cc1cc(C)c(C2=NCC=C(N)c3cnccc32)c(O)c1. The molecule has 4 nitrogen and oxygen atoms in total. The molecule has 4 heteroatoms. The quantitative estimate of drug-likeness (QED) is 0.842. The van der Waals surface area contributed by atoms with Crippen LogP contribution in [0.25, 0.3) is 5.70 Å². The number of aromatic hydroxyl groups is 1. The van der Waals surface area contributed by atoms with Crippen LogP contribution in [0, 0.1) is 13.8 Å². The van der Waals surface area contributed by atoms with Gasteiger partial charge in [-0.3, -0.25) is 9.98 Å². The molecule has 0 fully saturated rings. The van der Waals surface area contributed by atoms with E-state index < -0.39 is 0 Å².